The minimum Gasteiger partial charge on any atom is -0.480 e. The molecular formula is C24H26ClNO4. The van der Waals surface area contributed by atoms with E-state index in [4.69, 9.17) is 16.3 Å². The monoisotopic (exact) mass is 427 g/mol. The van der Waals surface area contributed by atoms with Gasteiger partial charge in [0, 0.05) is 5.02 Å². The lowest BCUT2D eigenvalue weighted by Gasteiger charge is -2.44. The van der Waals surface area contributed by atoms with Crippen LogP contribution in [0, 0.1) is 0 Å². The van der Waals surface area contributed by atoms with Gasteiger partial charge in [0.1, 0.15) is 18.8 Å². The standard InChI is InChI=1S/C24H26ClNO4/c1-2-3-20(24(28)29)26-21(27)14-30-23(18-10-12-19(25)13-11-18)22(26)17-8-6-16(7-9-17)15-4-5-15/h6-13,15,20,22-23H,2-5,14H2,1H3,(H,28,29)/t20-,22-,23+/m1/s1. The molecule has 5 nitrogen and oxygen atoms in total. The summed E-state index contributed by atoms with van der Waals surface area (Å²) >= 11 is 6.06. The molecule has 0 radical (unpaired) electrons. The number of ether oxygens (including phenoxy) is 1. The van der Waals surface area contributed by atoms with Gasteiger partial charge in [0.25, 0.3) is 0 Å². The highest BCUT2D eigenvalue weighted by Gasteiger charge is 2.44. The van der Waals surface area contributed by atoms with Crippen molar-refractivity contribution in [2.24, 2.45) is 0 Å². The summed E-state index contributed by atoms with van der Waals surface area (Å²) in [5.41, 5.74) is 3.04. The maximum atomic E-state index is 12.9. The van der Waals surface area contributed by atoms with E-state index < -0.39 is 24.2 Å². The van der Waals surface area contributed by atoms with E-state index >= 15 is 0 Å². The Labute approximate surface area is 181 Å². The highest BCUT2D eigenvalue weighted by atomic mass is 35.5. The van der Waals surface area contributed by atoms with E-state index in [1.165, 1.54) is 23.3 Å². The average Bonchev–Trinajstić information content (AvgIpc) is 3.58. The molecule has 1 heterocycles. The number of carbonyl (C=O) groups is 2. The number of benzene rings is 2. The van der Waals surface area contributed by atoms with Crippen molar-refractivity contribution in [3.8, 4) is 0 Å². The minimum absolute atomic E-state index is 0.141. The molecule has 158 valence electrons. The molecule has 2 aromatic rings. The largest absolute Gasteiger partial charge is 0.480 e. The molecule has 0 spiro atoms. The summed E-state index contributed by atoms with van der Waals surface area (Å²) in [6.45, 7) is 1.79. The number of hydrogen-bond donors (Lipinski definition) is 1. The zero-order chi connectivity index (χ0) is 21.3. The Bertz CT molecular complexity index is 908. The molecule has 4 rings (SSSR count). The second-order valence-corrected chi connectivity index (χ2v) is 8.55. The molecule has 0 aromatic heterocycles. The number of amides is 1. The van der Waals surface area contributed by atoms with E-state index in [-0.39, 0.29) is 12.5 Å². The van der Waals surface area contributed by atoms with Crippen LogP contribution in [0.25, 0.3) is 0 Å². The number of carboxylic acids is 1. The van der Waals surface area contributed by atoms with Gasteiger partial charge >= 0.3 is 5.97 Å². The van der Waals surface area contributed by atoms with Gasteiger partial charge in [-0.15, -0.1) is 0 Å². The molecule has 6 heteroatoms. The number of carboxylic acid groups (broad SMARTS) is 1. The third kappa shape index (κ3) is 4.23. The van der Waals surface area contributed by atoms with Gasteiger partial charge in [0.05, 0.1) is 6.04 Å². The molecule has 2 aliphatic rings. The Kier molecular flexibility index (Phi) is 6.11. The van der Waals surface area contributed by atoms with Crippen molar-refractivity contribution in [2.75, 3.05) is 6.61 Å². The molecule has 30 heavy (non-hydrogen) atoms. The van der Waals surface area contributed by atoms with Crippen LogP contribution in [0.4, 0.5) is 0 Å². The van der Waals surface area contributed by atoms with Crippen LogP contribution in [0.2, 0.25) is 5.02 Å². The van der Waals surface area contributed by atoms with Gasteiger partial charge in [-0.25, -0.2) is 4.79 Å². The van der Waals surface area contributed by atoms with Gasteiger partial charge in [-0.2, -0.15) is 0 Å². The lowest BCUT2D eigenvalue weighted by Crippen LogP contribution is -2.53. The predicted molar refractivity (Wildman–Crippen MR) is 114 cm³/mol. The second-order valence-electron chi connectivity index (χ2n) is 8.11. The summed E-state index contributed by atoms with van der Waals surface area (Å²) < 4.78 is 5.98. The molecule has 1 saturated heterocycles. The molecule has 0 unspecified atom stereocenters. The SMILES string of the molecule is CCC[C@H](C(=O)O)N1C(=O)CO[C@@H](c2ccc(Cl)cc2)[C@H]1c1ccc(C2CC2)cc1. The Morgan fingerprint density at radius 2 is 1.70 bits per heavy atom. The van der Waals surface area contributed by atoms with Gasteiger partial charge in [-0.1, -0.05) is 61.3 Å². The maximum Gasteiger partial charge on any atom is 0.326 e. The first-order valence-electron chi connectivity index (χ1n) is 10.5. The van der Waals surface area contributed by atoms with E-state index in [9.17, 15) is 14.7 Å². The van der Waals surface area contributed by atoms with Crippen molar-refractivity contribution in [2.45, 2.75) is 56.7 Å². The molecule has 1 amide bonds. The summed E-state index contributed by atoms with van der Waals surface area (Å²) in [6.07, 6.45) is 3.01. The minimum atomic E-state index is -0.985. The number of carbonyl (C=O) groups excluding carboxylic acids is 1. The third-order valence-corrected chi connectivity index (χ3v) is 6.22. The summed E-state index contributed by atoms with van der Waals surface area (Å²) in [7, 11) is 0. The van der Waals surface area contributed by atoms with Crippen LogP contribution in [0.1, 0.15) is 67.4 Å². The number of halogens is 1. The Balaban J connectivity index is 1.77. The molecular weight excluding hydrogens is 402 g/mol. The third-order valence-electron chi connectivity index (χ3n) is 5.97. The first-order chi connectivity index (χ1) is 14.5. The summed E-state index contributed by atoms with van der Waals surface area (Å²) in [5, 5.41) is 10.5. The van der Waals surface area contributed by atoms with Crippen molar-refractivity contribution >= 4 is 23.5 Å². The number of morpholine rings is 1. The number of rotatable bonds is 7. The summed E-state index contributed by atoms with van der Waals surface area (Å²) in [4.78, 5) is 26.6. The lowest BCUT2D eigenvalue weighted by molar-refractivity contribution is -0.171. The molecule has 0 bridgehead atoms. The van der Waals surface area contributed by atoms with Crippen molar-refractivity contribution in [1.82, 2.24) is 4.90 Å². The Morgan fingerprint density at radius 1 is 1.10 bits per heavy atom. The maximum absolute atomic E-state index is 12.9. The Hall–Kier alpha value is -2.37. The molecule has 2 aromatic carbocycles. The summed E-state index contributed by atoms with van der Waals surface area (Å²) in [6, 6.07) is 14.1. The van der Waals surface area contributed by atoms with Crippen molar-refractivity contribution < 1.29 is 19.4 Å². The highest BCUT2D eigenvalue weighted by molar-refractivity contribution is 6.30. The van der Waals surface area contributed by atoms with Gasteiger partial charge < -0.3 is 14.7 Å². The highest BCUT2D eigenvalue weighted by Crippen LogP contribution is 2.44. The zero-order valence-electron chi connectivity index (χ0n) is 17.0. The smallest absolute Gasteiger partial charge is 0.326 e. The van der Waals surface area contributed by atoms with Crippen LogP contribution in [-0.2, 0) is 14.3 Å². The van der Waals surface area contributed by atoms with Crippen LogP contribution in [0.5, 0.6) is 0 Å². The van der Waals surface area contributed by atoms with Crippen LogP contribution < -0.4 is 0 Å². The first kappa shape index (κ1) is 20.9. The summed E-state index contributed by atoms with van der Waals surface area (Å²) in [5.74, 6) is -0.655. The van der Waals surface area contributed by atoms with Gasteiger partial charge in [0.15, 0.2) is 0 Å². The fourth-order valence-corrected chi connectivity index (χ4v) is 4.42. The zero-order valence-corrected chi connectivity index (χ0v) is 17.7. The van der Waals surface area contributed by atoms with Gasteiger partial charge in [-0.3, -0.25) is 4.79 Å². The van der Waals surface area contributed by atoms with Gasteiger partial charge in [0.2, 0.25) is 5.91 Å². The van der Waals surface area contributed by atoms with Gasteiger partial charge in [-0.05, 0) is 54.0 Å². The number of nitrogens with zero attached hydrogens (tertiary/aromatic N) is 1. The molecule has 1 aliphatic heterocycles. The van der Waals surface area contributed by atoms with Crippen LogP contribution in [0.15, 0.2) is 48.5 Å². The second kappa shape index (κ2) is 8.78. The normalized spacial score (nSPS) is 22.7. The fourth-order valence-electron chi connectivity index (χ4n) is 4.30. The topological polar surface area (TPSA) is 66.8 Å². The van der Waals surface area contributed by atoms with E-state index in [1.54, 1.807) is 12.1 Å². The van der Waals surface area contributed by atoms with Crippen LogP contribution >= 0.6 is 11.6 Å². The molecule has 1 aliphatic carbocycles. The van der Waals surface area contributed by atoms with E-state index in [1.807, 2.05) is 31.2 Å². The van der Waals surface area contributed by atoms with Crippen molar-refractivity contribution in [3.05, 3.63) is 70.2 Å². The van der Waals surface area contributed by atoms with E-state index in [0.29, 0.717) is 23.8 Å². The van der Waals surface area contributed by atoms with Crippen LogP contribution in [-0.4, -0.2) is 34.5 Å². The molecule has 3 atom stereocenters. The van der Waals surface area contributed by atoms with Crippen molar-refractivity contribution in [3.63, 3.8) is 0 Å². The van der Waals surface area contributed by atoms with Crippen LogP contribution in [0.3, 0.4) is 0 Å². The first-order valence-corrected chi connectivity index (χ1v) is 10.9. The van der Waals surface area contributed by atoms with Crippen molar-refractivity contribution in [1.29, 1.82) is 0 Å². The van der Waals surface area contributed by atoms with E-state index in [0.717, 1.165) is 11.1 Å². The fraction of sp³-hybridized carbons (Fsp3) is 0.417. The number of aliphatic carboxylic acids is 1. The average molecular weight is 428 g/mol. The Morgan fingerprint density at radius 3 is 2.27 bits per heavy atom. The van der Waals surface area contributed by atoms with E-state index in [2.05, 4.69) is 12.1 Å². The number of hydrogen-bond acceptors (Lipinski definition) is 3. The lowest BCUT2D eigenvalue weighted by atomic mass is 9.90. The molecule has 2 fully saturated rings. The predicted octanol–water partition coefficient (Wildman–Crippen LogP) is 5.11. The molecule has 1 saturated carbocycles. The quantitative estimate of drug-likeness (QED) is 0.666. The molecule has 1 N–H and O–H groups in total.